The first-order valence-electron chi connectivity index (χ1n) is 6.80. The lowest BCUT2D eigenvalue weighted by atomic mass is 10.0. The summed E-state index contributed by atoms with van der Waals surface area (Å²) in [5.41, 5.74) is 3.37. The van der Waals surface area contributed by atoms with Crippen molar-refractivity contribution in [2.75, 3.05) is 0 Å². The summed E-state index contributed by atoms with van der Waals surface area (Å²) in [6.45, 7) is 1.85. The summed E-state index contributed by atoms with van der Waals surface area (Å²) in [6.07, 6.45) is 3.52. The van der Waals surface area contributed by atoms with Crippen LogP contribution in [-0.2, 0) is 0 Å². The third kappa shape index (κ3) is 1.95. The Morgan fingerprint density at radius 1 is 1.27 bits per heavy atom. The van der Waals surface area contributed by atoms with Gasteiger partial charge in [-0.1, -0.05) is 17.7 Å². The number of fused-ring (bicyclic) bond motifs is 3. The Morgan fingerprint density at radius 3 is 2.91 bits per heavy atom. The van der Waals surface area contributed by atoms with E-state index in [1.807, 2.05) is 37.3 Å². The van der Waals surface area contributed by atoms with Gasteiger partial charge in [-0.15, -0.1) is 11.3 Å². The van der Waals surface area contributed by atoms with Gasteiger partial charge in [0.1, 0.15) is 0 Å². The molecule has 0 aliphatic rings. The number of nitrogens with one attached hydrogen (secondary N) is 1. The molecule has 5 heteroatoms. The number of halogens is 1. The smallest absolute Gasteiger partial charge is 0.252 e. The minimum atomic E-state index is -0.0778. The van der Waals surface area contributed by atoms with E-state index in [0.29, 0.717) is 10.6 Å². The summed E-state index contributed by atoms with van der Waals surface area (Å²) < 4.78 is 2.16. The van der Waals surface area contributed by atoms with Crippen LogP contribution in [0.3, 0.4) is 0 Å². The molecule has 0 saturated heterocycles. The van der Waals surface area contributed by atoms with Crippen molar-refractivity contribution in [1.82, 2.24) is 9.97 Å². The zero-order valence-corrected chi connectivity index (χ0v) is 13.3. The third-order valence-corrected chi connectivity index (χ3v) is 5.20. The largest absolute Gasteiger partial charge is 0.320 e. The van der Waals surface area contributed by atoms with Crippen LogP contribution in [-0.4, -0.2) is 9.97 Å². The maximum absolute atomic E-state index is 12.3. The Kier molecular flexibility index (Phi) is 3.03. The van der Waals surface area contributed by atoms with E-state index in [-0.39, 0.29) is 5.56 Å². The van der Waals surface area contributed by atoms with Crippen LogP contribution < -0.4 is 5.56 Å². The second kappa shape index (κ2) is 4.93. The first-order valence-corrected chi connectivity index (χ1v) is 7.99. The summed E-state index contributed by atoms with van der Waals surface area (Å²) >= 11 is 7.76. The van der Waals surface area contributed by atoms with Gasteiger partial charge in [0.2, 0.25) is 0 Å². The topological polar surface area (TPSA) is 45.8 Å². The van der Waals surface area contributed by atoms with Crippen molar-refractivity contribution in [3.63, 3.8) is 0 Å². The van der Waals surface area contributed by atoms with E-state index in [9.17, 15) is 4.79 Å². The Hall–Kier alpha value is -2.17. The molecule has 0 atom stereocenters. The molecule has 0 unspecified atom stereocenters. The van der Waals surface area contributed by atoms with Gasteiger partial charge in [0, 0.05) is 44.2 Å². The summed E-state index contributed by atoms with van der Waals surface area (Å²) in [5.74, 6) is 0. The van der Waals surface area contributed by atoms with Gasteiger partial charge in [-0.2, -0.15) is 0 Å². The highest BCUT2D eigenvalue weighted by molar-refractivity contribution is 7.26. The molecule has 4 rings (SSSR count). The Morgan fingerprint density at radius 2 is 2.14 bits per heavy atom. The van der Waals surface area contributed by atoms with Crippen molar-refractivity contribution >= 4 is 43.2 Å². The average molecular weight is 327 g/mol. The minimum Gasteiger partial charge on any atom is -0.320 e. The number of benzene rings is 1. The molecule has 0 radical (unpaired) electrons. The van der Waals surface area contributed by atoms with Gasteiger partial charge in [-0.05, 0) is 31.2 Å². The van der Waals surface area contributed by atoms with Gasteiger partial charge in [0.15, 0.2) is 0 Å². The van der Waals surface area contributed by atoms with Crippen LogP contribution in [0.5, 0.6) is 0 Å². The number of thiophene rings is 1. The highest BCUT2D eigenvalue weighted by atomic mass is 35.5. The van der Waals surface area contributed by atoms with Crippen molar-refractivity contribution in [3.8, 4) is 11.1 Å². The van der Waals surface area contributed by atoms with Crippen LogP contribution in [0.2, 0.25) is 5.02 Å². The fraction of sp³-hybridized carbons (Fsp3) is 0.0588. The van der Waals surface area contributed by atoms with Crippen LogP contribution >= 0.6 is 22.9 Å². The number of pyridine rings is 2. The second-order valence-electron chi connectivity index (χ2n) is 5.14. The van der Waals surface area contributed by atoms with Crippen molar-refractivity contribution in [2.24, 2.45) is 0 Å². The summed E-state index contributed by atoms with van der Waals surface area (Å²) in [7, 11) is 0. The molecule has 1 aromatic carbocycles. The molecule has 3 nitrogen and oxygen atoms in total. The highest BCUT2D eigenvalue weighted by Crippen LogP contribution is 2.39. The molecule has 3 aromatic heterocycles. The number of nitrogens with zero attached hydrogens (tertiary/aromatic N) is 1. The zero-order valence-electron chi connectivity index (χ0n) is 11.7. The lowest BCUT2D eigenvalue weighted by Crippen LogP contribution is -2.10. The molecule has 3 heterocycles. The lowest BCUT2D eigenvalue weighted by Gasteiger charge is -2.06. The second-order valence-corrected chi connectivity index (χ2v) is 6.63. The average Bonchev–Trinajstić information content (AvgIpc) is 2.87. The first kappa shape index (κ1) is 13.5. The number of H-pyrrole nitrogens is 1. The molecule has 0 aliphatic carbocycles. The lowest BCUT2D eigenvalue weighted by molar-refractivity contribution is 1.24. The molecule has 108 valence electrons. The molecule has 22 heavy (non-hydrogen) atoms. The Balaban J connectivity index is 2.22. The maximum atomic E-state index is 12.3. The molecule has 0 aliphatic heterocycles. The molecule has 0 spiro atoms. The van der Waals surface area contributed by atoms with E-state index in [2.05, 4.69) is 9.97 Å². The monoisotopic (exact) mass is 326 g/mol. The summed E-state index contributed by atoms with van der Waals surface area (Å²) in [4.78, 5) is 19.5. The van der Waals surface area contributed by atoms with Crippen LogP contribution in [0.15, 0.2) is 47.5 Å². The van der Waals surface area contributed by atoms with Gasteiger partial charge in [0.25, 0.3) is 5.56 Å². The molecule has 0 amide bonds. The quantitative estimate of drug-likeness (QED) is 0.548. The van der Waals surface area contributed by atoms with E-state index in [0.717, 1.165) is 31.4 Å². The number of hydrogen-bond donors (Lipinski definition) is 1. The number of aromatic nitrogens is 2. The molecular formula is C17H11ClN2OS. The predicted octanol–water partition coefficient (Wildman–Crippen LogP) is 4.77. The van der Waals surface area contributed by atoms with E-state index in [4.69, 9.17) is 11.6 Å². The maximum Gasteiger partial charge on any atom is 0.252 e. The van der Waals surface area contributed by atoms with Crippen LogP contribution in [0.4, 0.5) is 0 Å². The van der Waals surface area contributed by atoms with Crippen LogP contribution in [0, 0.1) is 6.92 Å². The standard InChI is InChI=1S/C17H11ClN2OS/c1-9-14(10-3-2-6-19-8-10)16-15(20-17(9)21)12-7-11(18)4-5-13(12)22-16/h2-8H,1H3,(H,20,21). The Labute approximate surface area is 135 Å². The van der Waals surface area contributed by atoms with Crippen LogP contribution in [0.25, 0.3) is 31.4 Å². The normalized spacial score (nSPS) is 11.4. The van der Waals surface area contributed by atoms with Crippen molar-refractivity contribution < 1.29 is 0 Å². The predicted molar refractivity (Wildman–Crippen MR) is 92.9 cm³/mol. The molecule has 1 N–H and O–H groups in total. The molecule has 4 aromatic rings. The number of hydrogen-bond acceptors (Lipinski definition) is 3. The fourth-order valence-corrected chi connectivity index (χ4v) is 4.15. The molecular weight excluding hydrogens is 316 g/mol. The van der Waals surface area contributed by atoms with Gasteiger partial charge < -0.3 is 4.98 Å². The Bertz CT molecular complexity index is 1070. The van der Waals surface area contributed by atoms with Crippen molar-refractivity contribution in [2.45, 2.75) is 6.92 Å². The van der Waals surface area contributed by atoms with E-state index in [1.54, 1.807) is 23.7 Å². The van der Waals surface area contributed by atoms with E-state index in [1.165, 1.54) is 0 Å². The van der Waals surface area contributed by atoms with Gasteiger partial charge in [-0.25, -0.2) is 0 Å². The number of rotatable bonds is 1. The van der Waals surface area contributed by atoms with E-state index >= 15 is 0 Å². The van der Waals surface area contributed by atoms with Crippen molar-refractivity contribution in [1.29, 1.82) is 0 Å². The molecule has 0 fully saturated rings. The highest BCUT2D eigenvalue weighted by Gasteiger charge is 2.16. The third-order valence-electron chi connectivity index (χ3n) is 3.78. The minimum absolute atomic E-state index is 0.0778. The number of aromatic amines is 1. The fourth-order valence-electron chi connectivity index (χ4n) is 2.72. The van der Waals surface area contributed by atoms with Crippen LogP contribution in [0.1, 0.15) is 5.56 Å². The van der Waals surface area contributed by atoms with Crippen molar-refractivity contribution in [3.05, 3.63) is 63.7 Å². The van der Waals surface area contributed by atoms with E-state index < -0.39 is 0 Å². The van der Waals surface area contributed by atoms with Gasteiger partial charge in [-0.3, -0.25) is 9.78 Å². The van der Waals surface area contributed by atoms with Gasteiger partial charge >= 0.3 is 0 Å². The first-order chi connectivity index (χ1) is 10.6. The summed E-state index contributed by atoms with van der Waals surface area (Å²) in [5, 5.41) is 1.64. The summed E-state index contributed by atoms with van der Waals surface area (Å²) in [6, 6.07) is 9.61. The SMILES string of the molecule is Cc1c(-c2cccnc2)c2sc3ccc(Cl)cc3c2[nH]c1=O. The molecule has 0 bridgehead atoms. The van der Waals surface area contributed by atoms with Gasteiger partial charge in [0.05, 0.1) is 10.2 Å². The molecule has 0 saturated carbocycles. The zero-order chi connectivity index (χ0) is 15.3.